The molecule has 0 spiro atoms. The summed E-state index contributed by atoms with van der Waals surface area (Å²) in [6.45, 7) is 8.23. The van der Waals surface area contributed by atoms with Gasteiger partial charge in [0.05, 0.1) is 6.04 Å². The largest absolute Gasteiger partial charge is 0.320 e. The molecule has 0 saturated carbocycles. The van der Waals surface area contributed by atoms with Gasteiger partial charge in [-0.15, -0.1) is 0 Å². The fourth-order valence-corrected chi connectivity index (χ4v) is 1.43. The molecule has 1 atom stereocenters. The van der Waals surface area contributed by atoms with Crippen LogP contribution in [0.5, 0.6) is 0 Å². The molecule has 5 heteroatoms. The first-order chi connectivity index (χ1) is 7.84. The SMILES string of the molecule is CCCC(N)C(=O)Nc1cc(C(C)(C)C)[nH]n1. The molecule has 0 aliphatic rings. The summed E-state index contributed by atoms with van der Waals surface area (Å²) >= 11 is 0. The Hall–Kier alpha value is -1.36. The van der Waals surface area contributed by atoms with Gasteiger partial charge in [0.15, 0.2) is 5.82 Å². The summed E-state index contributed by atoms with van der Waals surface area (Å²) in [5, 5.41) is 9.68. The van der Waals surface area contributed by atoms with Crippen molar-refractivity contribution in [3.63, 3.8) is 0 Å². The molecule has 0 aromatic carbocycles. The van der Waals surface area contributed by atoms with Gasteiger partial charge in [-0.1, -0.05) is 34.1 Å². The highest BCUT2D eigenvalue weighted by Gasteiger charge is 2.18. The number of aromatic nitrogens is 2. The molecule has 1 heterocycles. The smallest absolute Gasteiger partial charge is 0.242 e. The minimum Gasteiger partial charge on any atom is -0.320 e. The van der Waals surface area contributed by atoms with Crippen LogP contribution in [0.1, 0.15) is 46.2 Å². The second-order valence-electron chi connectivity index (χ2n) is 5.30. The van der Waals surface area contributed by atoms with E-state index in [4.69, 9.17) is 5.73 Å². The lowest BCUT2D eigenvalue weighted by atomic mass is 9.92. The van der Waals surface area contributed by atoms with Crippen molar-refractivity contribution in [3.8, 4) is 0 Å². The Morgan fingerprint density at radius 1 is 1.59 bits per heavy atom. The van der Waals surface area contributed by atoms with Crippen molar-refractivity contribution in [1.29, 1.82) is 0 Å². The molecular formula is C12H22N4O. The Bertz CT molecular complexity index is 378. The maximum Gasteiger partial charge on any atom is 0.242 e. The van der Waals surface area contributed by atoms with Crippen LogP contribution in [0.4, 0.5) is 5.82 Å². The molecule has 17 heavy (non-hydrogen) atoms. The number of hydrogen-bond donors (Lipinski definition) is 3. The van der Waals surface area contributed by atoms with Crippen molar-refractivity contribution in [2.75, 3.05) is 5.32 Å². The van der Waals surface area contributed by atoms with Crippen LogP contribution in [0.2, 0.25) is 0 Å². The normalized spacial score (nSPS) is 13.5. The van der Waals surface area contributed by atoms with Crippen molar-refractivity contribution in [3.05, 3.63) is 11.8 Å². The number of carbonyl (C=O) groups is 1. The van der Waals surface area contributed by atoms with Gasteiger partial charge < -0.3 is 11.1 Å². The van der Waals surface area contributed by atoms with Crippen molar-refractivity contribution in [2.24, 2.45) is 5.73 Å². The average Bonchev–Trinajstić information content (AvgIpc) is 2.66. The van der Waals surface area contributed by atoms with Crippen LogP contribution in [-0.4, -0.2) is 22.1 Å². The van der Waals surface area contributed by atoms with Crippen LogP contribution >= 0.6 is 0 Å². The summed E-state index contributed by atoms with van der Waals surface area (Å²) in [6.07, 6.45) is 1.57. The second kappa shape index (κ2) is 5.31. The number of nitrogens with two attached hydrogens (primary N) is 1. The molecule has 0 radical (unpaired) electrons. The van der Waals surface area contributed by atoms with Gasteiger partial charge in [0.2, 0.25) is 5.91 Å². The number of hydrogen-bond acceptors (Lipinski definition) is 3. The van der Waals surface area contributed by atoms with E-state index in [9.17, 15) is 4.79 Å². The highest BCUT2D eigenvalue weighted by atomic mass is 16.2. The van der Waals surface area contributed by atoms with Gasteiger partial charge in [-0.25, -0.2) is 0 Å². The average molecular weight is 238 g/mol. The zero-order valence-electron chi connectivity index (χ0n) is 11.0. The number of amides is 1. The van der Waals surface area contributed by atoms with E-state index < -0.39 is 6.04 Å². The fourth-order valence-electron chi connectivity index (χ4n) is 1.43. The summed E-state index contributed by atoms with van der Waals surface area (Å²) in [6, 6.07) is 1.38. The molecule has 1 aromatic rings. The lowest BCUT2D eigenvalue weighted by Gasteiger charge is -2.14. The summed E-state index contributed by atoms with van der Waals surface area (Å²) in [5.74, 6) is 0.352. The standard InChI is InChI=1S/C12H22N4O/c1-5-6-8(13)11(17)14-10-7-9(15-16-10)12(2,3)4/h7-8H,5-6,13H2,1-4H3,(H2,14,15,16,17). The van der Waals surface area contributed by atoms with Crippen molar-refractivity contribution < 1.29 is 4.79 Å². The Morgan fingerprint density at radius 2 is 2.24 bits per heavy atom. The van der Waals surface area contributed by atoms with Crippen LogP contribution in [0.15, 0.2) is 6.07 Å². The first-order valence-electron chi connectivity index (χ1n) is 5.97. The molecule has 0 aliphatic heterocycles. The Kier molecular flexibility index (Phi) is 4.28. The Morgan fingerprint density at radius 3 is 2.71 bits per heavy atom. The van der Waals surface area contributed by atoms with E-state index in [1.807, 2.05) is 13.0 Å². The molecular weight excluding hydrogens is 216 g/mol. The minimum atomic E-state index is -0.463. The number of nitrogens with zero attached hydrogens (tertiary/aromatic N) is 1. The third kappa shape index (κ3) is 3.85. The molecule has 96 valence electrons. The predicted octanol–water partition coefficient (Wildman–Crippen LogP) is 1.77. The number of nitrogens with one attached hydrogen (secondary N) is 2. The van der Waals surface area contributed by atoms with E-state index in [0.717, 1.165) is 12.1 Å². The van der Waals surface area contributed by atoms with Gasteiger partial charge in [0.1, 0.15) is 0 Å². The quantitative estimate of drug-likeness (QED) is 0.747. The van der Waals surface area contributed by atoms with Gasteiger partial charge in [-0.2, -0.15) is 5.10 Å². The maximum absolute atomic E-state index is 11.7. The van der Waals surface area contributed by atoms with Crippen LogP contribution in [0, 0.1) is 0 Å². The number of aromatic amines is 1. The summed E-state index contributed by atoms with van der Waals surface area (Å²) in [5.41, 5.74) is 6.69. The minimum absolute atomic E-state index is 0.0124. The van der Waals surface area contributed by atoms with E-state index in [-0.39, 0.29) is 11.3 Å². The number of H-pyrrole nitrogens is 1. The summed E-state index contributed by atoms with van der Waals surface area (Å²) in [7, 11) is 0. The fraction of sp³-hybridized carbons (Fsp3) is 0.667. The molecule has 0 fully saturated rings. The Balaban J connectivity index is 2.64. The third-order valence-electron chi connectivity index (χ3n) is 2.57. The molecule has 1 aromatic heterocycles. The zero-order chi connectivity index (χ0) is 13.1. The first-order valence-corrected chi connectivity index (χ1v) is 5.97. The third-order valence-corrected chi connectivity index (χ3v) is 2.57. The molecule has 1 amide bonds. The number of carbonyl (C=O) groups excluding carboxylic acids is 1. The Labute approximate surface area is 102 Å². The van der Waals surface area contributed by atoms with Crippen LogP contribution in [0.3, 0.4) is 0 Å². The van der Waals surface area contributed by atoms with E-state index in [1.165, 1.54) is 0 Å². The molecule has 5 nitrogen and oxygen atoms in total. The molecule has 4 N–H and O–H groups in total. The van der Waals surface area contributed by atoms with Gasteiger partial charge >= 0.3 is 0 Å². The molecule has 1 rings (SSSR count). The number of anilines is 1. The molecule has 1 unspecified atom stereocenters. The van der Waals surface area contributed by atoms with Gasteiger partial charge in [0.25, 0.3) is 0 Å². The van der Waals surface area contributed by atoms with E-state index in [2.05, 4.69) is 36.3 Å². The van der Waals surface area contributed by atoms with E-state index in [0.29, 0.717) is 12.2 Å². The monoisotopic (exact) mass is 238 g/mol. The maximum atomic E-state index is 11.7. The van der Waals surface area contributed by atoms with Gasteiger partial charge in [0, 0.05) is 17.2 Å². The van der Waals surface area contributed by atoms with E-state index in [1.54, 1.807) is 0 Å². The van der Waals surface area contributed by atoms with E-state index >= 15 is 0 Å². The predicted molar refractivity (Wildman–Crippen MR) is 68.8 cm³/mol. The lowest BCUT2D eigenvalue weighted by molar-refractivity contribution is -0.117. The molecule has 0 bridgehead atoms. The molecule has 0 saturated heterocycles. The molecule has 0 aliphatic carbocycles. The van der Waals surface area contributed by atoms with Gasteiger partial charge in [-0.3, -0.25) is 9.89 Å². The zero-order valence-corrected chi connectivity index (χ0v) is 11.0. The lowest BCUT2D eigenvalue weighted by Crippen LogP contribution is -2.35. The van der Waals surface area contributed by atoms with Gasteiger partial charge in [-0.05, 0) is 6.42 Å². The van der Waals surface area contributed by atoms with Crippen molar-refractivity contribution in [2.45, 2.75) is 52.0 Å². The summed E-state index contributed by atoms with van der Waals surface area (Å²) < 4.78 is 0. The second-order valence-corrected chi connectivity index (χ2v) is 5.30. The topological polar surface area (TPSA) is 83.8 Å². The van der Waals surface area contributed by atoms with Crippen LogP contribution < -0.4 is 11.1 Å². The first kappa shape index (κ1) is 13.7. The number of rotatable bonds is 4. The van der Waals surface area contributed by atoms with Crippen molar-refractivity contribution >= 4 is 11.7 Å². The summed E-state index contributed by atoms with van der Waals surface area (Å²) in [4.78, 5) is 11.7. The van der Waals surface area contributed by atoms with Crippen molar-refractivity contribution in [1.82, 2.24) is 10.2 Å². The van der Waals surface area contributed by atoms with Crippen LogP contribution in [-0.2, 0) is 10.2 Å². The highest BCUT2D eigenvalue weighted by Crippen LogP contribution is 2.21. The highest BCUT2D eigenvalue weighted by molar-refractivity contribution is 5.93. The van der Waals surface area contributed by atoms with Crippen LogP contribution in [0.25, 0.3) is 0 Å².